The Morgan fingerprint density at radius 1 is 1.56 bits per heavy atom. The number of H-pyrrole nitrogens is 1. The normalized spacial score (nSPS) is 10.4. The number of aryl methyl sites for hydroxylation is 2. The summed E-state index contributed by atoms with van der Waals surface area (Å²) in [5, 5.41) is 13.3. The van der Waals surface area contributed by atoms with Crippen molar-refractivity contribution < 1.29 is 4.79 Å². The molecule has 0 fully saturated rings. The molecule has 2 N–H and O–H groups in total. The van der Waals surface area contributed by atoms with Crippen molar-refractivity contribution in [1.29, 1.82) is 0 Å². The Kier molecular flexibility index (Phi) is 2.95. The second kappa shape index (κ2) is 4.40. The third-order valence-corrected chi connectivity index (χ3v) is 3.19. The molecule has 0 aromatic carbocycles. The minimum absolute atomic E-state index is 0.251. The number of amides is 1. The summed E-state index contributed by atoms with van der Waals surface area (Å²) in [6, 6.07) is 0. The summed E-state index contributed by atoms with van der Waals surface area (Å²) in [6.07, 6.45) is 1.38. The van der Waals surface area contributed by atoms with E-state index in [-0.39, 0.29) is 11.6 Å². The summed E-state index contributed by atoms with van der Waals surface area (Å²) in [5.41, 5.74) is 1.29. The van der Waals surface area contributed by atoms with Crippen LogP contribution in [0, 0.1) is 13.8 Å². The summed E-state index contributed by atoms with van der Waals surface area (Å²) < 4.78 is 0. The molecule has 2 heterocycles. The first-order valence-corrected chi connectivity index (χ1v) is 5.55. The van der Waals surface area contributed by atoms with Crippen molar-refractivity contribution in [2.24, 2.45) is 0 Å². The first-order chi connectivity index (χ1) is 7.66. The van der Waals surface area contributed by atoms with E-state index < -0.39 is 0 Å². The first-order valence-electron chi connectivity index (χ1n) is 4.73. The largest absolute Gasteiger partial charge is 0.344 e. The van der Waals surface area contributed by atoms with Gasteiger partial charge in [-0.25, -0.2) is 4.98 Å². The molecule has 0 spiro atoms. The van der Waals surface area contributed by atoms with Gasteiger partial charge in [0.2, 0.25) is 0 Å². The van der Waals surface area contributed by atoms with E-state index in [2.05, 4.69) is 25.7 Å². The Labute approximate surface area is 96.1 Å². The van der Waals surface area contributed by atoms with Crippen LogP contribution in [0.5, 0.6) is 0 Å². The minimum atomic E-state index is -0.251. The van der Waals surface area contributed by atoms with Crippen LogP contribution in [0.1, 0.15) is 26.1 Å². The second-order valence-corrected chi connectivity index (χ2v) is 4.57. The molecule has 0 aliphatic heterocycles. The lowest BCUT2D eigenvalue weighted by Crippen LogP contribution is -2.23. The van der Waals surface area contributed by atoms with E-state index in [4.69, 9.17) is 0 Å². The van der Waals surface area contributed by atoms with Gasteiger partial charge >= 0.3 is 0 Å². The SMILES string of the molecule is Cc1nc(CNC(=O)c2cn[nH]n2)sc1C. The quantitative estimate of drug-likeness (QED) is 0.827. The molecule has 0 bridgehead atoms. The number of aromatic amines is 1. The topological polar surface area (TPSA) is 83.6 Å². The summed E-state index contributed by atoms with van der Waals surface area (Å²) in [4.78, 5) is 17.0. The highest BCUT2D eigenvalue weighted by molar-refractivity contribution is 7.11. The predicted molar refractivity (Wildman–Crippen MR) is 59.1 cm³/mol. The predicted octanol–water partition coefficient (Wildman–Crippen LogP) is 0.808. The van der Waals surface area contributed by atoms with Gasteiger partial charge in [0.1, 0.15) is 5.01 Å². The number of thiazole rings is 1. The van der Waals surface area contributed by atoms with E-state index in [0.29, 0.717) is 6.54 Å². The molecule has 0 aliphatic rings. The average Bonchev–Trinajstić information content (AvgIpc) is 2.86. The maximum atomic E-state index is 11.5. The summed E-state index contributed by atoms with van der Waals surface area (Å²) in [6.45, 7) is 4.38. The molecule has 0 unspecified atom stereocenters. The molecule has 1 amide bonds. The number of nitrogens with one attached hydrogen (secondary N) is 2. The maximum Gasteiger partial charge on any atom is 0.273 e. The van der Waals surface area contributed by atoms with Crippen LogP contribution in [0.4, 0.5) is 0 Å². The van der Waals surface area contributed by atoms with Gasteiger partial charge in [0.25, 0.3) is 5.91 Å². The summed E-state index contributed by atoms with van der Waals surface area (Å²) in [5.74, 6) is -0.251. The molecule has 2 aromatic rings. The first kappa shape index (κ1) is 10.7. The molecule has 2 aromatic heterocycles. The van der Waals surface area contributed by atoms with Crippen LogP contribution in [0.25, 0.3) is 0 Å². The highest BCUT2D eigenvalue weighted by Crippen LogP contribution is 2.15. The van der Waals surface area contributed by atoms with Gasteiger partial charge in [-0.05, 0) is 13.8 Å². The number of carbonyl (C=O) groups excluding carboxylic acids is 1. The van der Waals surface area contributed by atoms with Crippen molar-refractivity contribution >= 4 is 17.2 Å². The van der Waals surface area contributed by atoms with Crippen molar-refractivity contribution in [3.05, 3.63) is 27.5 Å². The van der Waals surface area contributed by atoms with Gasteiger partial charge in [-0.15, -0.1) is 11.3 Å². The maximum absolute atomic E-state index is 11.5. The standard InChI is InChI=1S/C9H11N5OS/c1-5-6(2)16-8(12-5)4-10-9(15)7-3-11-14-13-7/h3H,4H2,1-2H3,(H,10,15)(H,11,13,14). The number of hydrogen-bond donors (Lipinski definition) is 2. The summed E-state index contributed by atoms with van der Waals surface area (Å²) >= 11 is 1.58. The van der Waals surface area contributed by atoms with Crippen molar-refractivity contribution in [3.8, 4) is 0 Å². The Balaban J connectivity index is 1.95. The van der Waals surface area contributed by atoms with Gasteiger partial charge in [-0.2, -0.15) is 15.4 Å². The number of carbonyl (C=O) groups is 1. The van der Waals surface area contributed by atoms with Gasteiger partial charge in [-0.1, -0.05) is 0 Å². The molecule has 0 saturated heterocycles. The molecule has 16 heavy (non-hydrogen) atoms. The van der Waals surface area contributed by atoms with Crippen molar-refractivity contribution in [3.63, 3.8) is 0 Å². The van der Waals surface area contributed by atoms with Gasteiger partial charge in [0.05, 0.1) is 18.4 Å². The lowest BCUT2D eigenvalue weighted by Gasteiger charge is -1.98. The van der Waals surface area contributed by atoms with E-state index in [9.17, 15) is 4.79 Å². The molecular weight excluding hydrogens is 226 g/mol. The van der Waals surface area contributed by atoms with Crippen molar-refractivity contribution in [2.45, 2.75) is 20.4 Å². The Hall–Kier alpha value is -1.76. The van der Waals surface area contributed by atoms with Crippen LogP contribution in [0.3, 0.4) is 0 Å². The van der Waals surface area contributed by atoms with E-state index >= 15 is 0 Å². The molecule has 0 saturated carbocycles. The Bertz CT molecular complexity index is 470. The van der Waals surface area contributed by atoms with Crippen molar-refractivity contribution in [1.82, 2.24) is 25.7 Å². The lowest BCUT2D eigenvalue weighted by molar-refractivity contribution is 0.0946. The molecule has 2 rings (SSSR count). The van der Waals surface area contributed by atoms with Crippen LogP contribution in [-0.4, -0.2) is 26.3 Å². The van der Waals surface area contributed by atoms with E-state index in [1.165, 1.54) is 11.1 Å². The fourth-order valence-electron chi connectivity index (χ4n) is 1.17. The lowest BCUT2D eigenvalue weighted by atomic mass is 10.4. The van der Waals surface area contributed by atoms with Crippen molar-refractivity contribution in [2.75, 3.05) is 0 Å². The minimum Gasteiger partial charge on any atom is -0.344 e. The van der Waals surface area contributed by atoms with Gasteiger partial charge in [-0.3, -0.25) is 4.79 Å². The van der Waals surface area contributed by atoms with E-state index in [0.717, 1.165) is 10.7 Å². The van der Waals surface area contributed by atoms with Crippen LogP contribution >= 0.6 is 11.3 Å². The molecule has 6 nitrogen and oxygen atoms in total. The highest BCUT2D eigenvalue weighted by atomic mass is 32.1. The summed E-state index contributed by atoms with van der Waals surface area (Å²) in [7, 11) is 0. The van der Waals surface area contributed by atoms with Crippen LogP contribution in [0.15, 0.2) is 6.20 Å². The number of hydrogen-bond acceptors (Lipinski definition) is 5. The fraction of sp³-hybridized carbons (Fsp3) is 0.333. The fourth-order valence-corrected chi connectivity index (χ4v) is 2.05. The molecule has 7 heteroatoms. The monoisotopic (exact) mass is 237 g/mol. The third kappa shape index (κ3) is 2.25. The number of rotatable bonds is 3. The zero-order valence-corrected chi connectivity index (χ0v) is 9.76. The third-order valence-electron chi connectivity index (χ3n) is 2.12. The molecule has 0 radical (unpaired) electrons. The van der Waals surface area contributed by atoms with Crippen LogP contribution in [0.2, 0.25) is 0 Å². The Morgan fingerprint density at radius 2 is 2.38 bits per heavy atom. The highest BCUT2D eigenvalue weighted by Gasteiger charge is 2.09. The van der Waals surface area contributed by atoms with E-state index in [1.54, 1.807) is 11.3 Å². The van der Waals surface area contributed by atoms with Crippen LogP contribution in [-0.2, 0) is 6.54 Å². The number of nitrogens with zero attached hydrogens (tertiary/aromatic N) is 3. The molecular formula is C9H11N5OS. The van der Waals surface area contributed by atoms with E-state index in [1.807, 2.05) is 13.8 Å². The van der Waals surface area contributed by atoms with Gasteiger partial charge in [0, 0.05) is 4.88 Å². The smallest absolute Gasteiger partial charge is 0.273 e. The molecule has 84 valence electrons. The number of aromatic nitrogens is 4. The Morgan fingerprint density at radius 3 is 2.94 bits per heavy atom. The molecule has 0 atom stereocenters. The zero-order chi connectivity index (χ0) is 11.5. The second-order valence-electron chi connectivity index (χ2n) is 3.29. The van der Waals surface area contributed by atoms with Crippen LogP contribution < -0.4 is 5.32 Å². The molecule has 0 aliphatic carbocycles. The van der Waals surface area contributed by atoms with Gasteiger partial charge in [0.15, 0.2) is 5.69 Å². The average molecular weight is 237 g/mol. The van der Waals surface area contributed by atoms with Gasteiger partial charge < -0.3 is 5.32 Å². The zero-order valence-electron chi connectivity index (χ0n) is 8.94.